The standard InChI is InChI=1S/C22H39F3/c1-3-5-7-8-18-9-11-19(12-10-18)20-13-16-21(17-14-20,15-6-4-2)22(23,24)25/h18-20H,3-17H2,1-2H3. The molecule has 0 amide bonds. The van der Waals surface area contributed by atoms with E-state index in [-0.39, 0.29) is 0 Å². The number of hydrogen-bond acceptors (Lipinski definition) is 0. The predicted octanol–water partition coefficient (Wildman–Crippen LogP) is 8.30. The quantitative estimate of drug-likeness (QED) is 0.382. The number of rotatable bonds is 8. The van der Waals surface area contributed by atoms with Gasteiger partial charge in [-0.25, -0.2) is 0 Å². The van der Waals surface area contributed by atoms with Gasteiger partial charge in [0.05, 0.1) is 5.41 Å². The van der Waals surface area contributed by atoms with Gasteiger partial charge in [0.15, 0.2) is 0 Å². The fourth-order valence-electron chi connectivity index (χ4n) is 5.49. The van der Waals surface area contributed by atoms with Gasteiger partial charge in [0, 0.05) is 0 Å². The van der Waals surface area contributed by atoms with Gasteiger partial charge in [0.2, 0.25) is 0 Å². The van der Waals surface area contributed by atoms with Crippen LogP contribution in [0.2, 0.25) is 0 Å². The Morgan fingerprint density at radius 3 is 1.84 bits per heavy atom. The lowest BCUT2D eigenvalue weighted by molar-refractivity contribution is -0.241. The predicted molar refractivity (Wildman–Crippen MR) is 99.6 cm³/mol. The van der Waals surface area contributed by atoms with Crippen LogP contribution < -0.4 is 0 Å². The molecule has 3 heteroatoms. The van der Waals surface area contributed by atoms with Crippen LogP contribution in [-0.4, -0.2) is 6.18 Å². The van der Waals surface area contributed by atoms with Gasteiger partial charge in [-0.3, -0.25) is 0 Å². The van der Waals surface area contributed by atoms with Crippen molar-refractivity contribution in [3.8, 4) is 0 Å². The molecule has 0 saturated heterocycles. The van der Waals surface area contributed by atoms with E-state index in [2.05, 4.69) is 6.92 Å². The first-order valence-corrected chi connectivity index (χ1v) is 11.0. The zero-order chi connectivity index (χ0) is 18.3. The smallest absolute Gasteiger partial charge is 0.171 e. The number of alkyl halides is 3. The molecule has 0 aromatic rings. The Hall–Kier alpha value is -0.210. The van der Waals surface area contributed by atoms with E-state index in [9.17, 15) is 13.2 Å². The minimum atomic E-state index is -4.01. The molecule has 2 rings (SSSR count). The third-order valence-corrected chi connectivity index (χ3v) is 7.37. The van der Waals surface area contributed by atoms with E-state index in [0.29, 0.717) is 37.5 Å². The lowest BCUT2D eigenvalue weighted by Gasteiger charge is -2.44. The molecule has 2 aliphatic rings. The van der Waals surface area contributed by atoms with Crippen LogP contribution in [0.25, 0.3) is 0 Å². The van der Waals surface area contributed by atoms with E-state index in [1.54, 1.807) is 0 Å². The summed E-state index contributed by atoms with van der Waals surface area (Å²) in [6.07, 6.45) is 10.9. The topological polar surface area (TPSA) is 0 Å². The normalized spacial score (nSPS) is 34.2. The van der Waals surface area contributed by atoms with Crippen molar-refractivity contribution in [3.05, 3.63) is 0 Å². The molecule has 0 nitrogen and oxygen atoms in total. The average molecular weight is 361 g/mol. The first-order valence-electron chi connectivity index (χ1n) is 11.0. The van der Waals surface area contributed by atoms with Crippen LogP contribution in [0.4, 0.5) is 13.2 Å². The molecule has 2 saturated carbocycles. The molecule has 0 radical (unpaired) electrons. The summed E-state index contributed by atoms with van der Waals surface area (Å²) in [5, 5.41) is 0. The molecule has 0 unspecified atom stereocenters. The second-order valence-corrected chi connectivity index (χ2v) is 9.00. The highest BCUT2D eigenvalue weighted by Gasteiger charge is 2.55. The van der Waals surface area contributed by atoms with E-state index in [1.807, 2.05) is 6.92 Å². The molecule has 0 bridgehead atoms. The molecular formula is C22H39F3. The Morgan fingerprint density at radius 1 is 0.760 bits per heavy atom. The molecule has 0 spiro atoms. The molecule has 0 atom stereocenters. The SMILES string of the molecule is CCCCCC1CCC(C2CCC(CCCC)(C(F)(F)F)CC2)CC1. The Bertz CT molecular complexity index is 358. The Labute approximate surface area is 153 Å². The van der Waals surface area contributed by atoms with Crippen molar-refractivity contribution in [2.75, 3.05) is 0 Å². The summed E-state index contributed by atoms with van der Waals surface area (Å²) in [4.78, 5) is 0. The van der Waals surface area contributed by atoms with Gasteiger partial charge in [-0.2, -0.15) is 13.2 Å². The van der Waals surface area contributed by atoms with Gasteiger partial charge in [0.1, 0.15) is 0 Å². The zero-order valence-corrected chi connectivity index (χ0v) is 16.5. The third-order valence-electron chi connectivity index (χ3n) is 7.37. The van der Waals surface area contributed by atoms with Crippen LogP contribution in [0, 0.1) is 23.2 Å². The second kappa shape index (κ2) is 9.65. The molecule has 2 aliphatic carbocycles. The van der Waals surface area contributed by atoms with Gasteiger partial charge in [-0.05, 0) is 62.7 Å². The van der Waals surface area contributed by atoms with E-state index < -0.39 is 11.6 Å². The van der Waals surface area contributed by atoms with Crippen molar-refractivity contribution < 1.29 is 13.2 Å². The van der Waals surface area contributed by atoms with Crippen LogP contribution in [0.3, 0.4) is 0 Å². The first kappa shape index (κ1) is 21.1. The van der Waals surface area contributed by atoms with Crippen LogP contribution in [-0.2, 0) is 0 Å². The van der Waals surface area contributed by atoms with Gasteiger partial charge < -0.3 is 0 Å². The number of hydrogen-bond donors (Lipinski definition) is 0. The van der Waals surface area contributed by atoms with Crippen molar-refractivity contribution in [2.45, 2.75) is 116 Å². The highest BCUT2D eigenvalue weighted by atomic mass is 19.4. The monoisotopic (exact) mass is 360 g/mol. The summed E-state index contributed by atoms with van der Waals surface area (Å²) in [5.74, 6) is 2.17. The van der Waals surface area contributed by atoms with E-state index in [4.69, 9.17) is 0 Å². The summed E-state index contributed by atoms with van der Waals surface area (Å²) >= 11 is 0. The number of halogens is 3. The maximum atomic E-state index is 13.7. The van der Waals surface area contributed by atoms with E-state index in [0.717, 1.165) is 25.2 Å². The molecule has 0 aromatic heterocycles. The minimum Gasteiger partial charge on any atom is -0.171 e. The van der Waals surface area contributed by atoms with Gasteiger partial charge in [0.25, 0.3) is 0 Å². The van der Waals surface area contributed by atoms with Crippen molar-refractivity contribution in [1.29, 1.82) is 0 Å². The lowest BCUT2D eigenvalue weighted by Crippen LogP contribution is -2.42. The summed E-state index contributed by atoms with van der Waals surface area (Å²) in [5.41, 5.74) is -1.36. The second-order valence-electron chi connectivity index (χ2n) is 9.00. The summed E-state index contributed by atoms with van der Waals surface area (Å²) in [7, 11) is 0. The van der Waals surface area contributed by atoms with Gasteiger partial charge >= 0.3 is 6.18 Å². The Balaban J connectivity index is 1.79. The summed E-state index contributed by atoms with van der Waals surface area (Å²) < 4.78 is 41.1. The average Bonchev–Trinajstić information content (AvgIpc) is 2.60. The van der Waals surface area contributed by atoms with Crippen molar-refractivity contribution in [1.82, 2.24) is 0 Å². The van der Waals surface area contributed by atoms with Gasteiger partial charge in [-0.1, -0.05) is 65.2 Å². The molecule has 148 valence electrons. The number of unbranched alkanes of at least 4 members (excludes halogenated alkanes) is 3. The highest BCUT2D eigenvalue weighted by molar-refractivity contribution is 4.93. The highest BCUT2D eigenvalue weighted by Crippen LogP contribution is 2.55. The van der Waals surface area contributed by atoms with Crippen molar-refractivity contribution >= 4 is 0 Å². The molecule has 0 N–H and O–H groups in total. The van der Waals surface area contributed by atoms with Crippen LogP contribution in [0.5, 0.6) is 0 Å². The minimum absolute atomic E-state index is 0.351. The van der Waals surface area contributed by atoms with Crippen molar-refractivity contribution in [3.63, 3.8) is 0 Å². The van der Waals surface area contributed by atoms with Crippen LogP contribution >= 0.6 is 0 Å². The maximum Gasteiger partial charge on any atom is 0.394 e. The first-order chi connectivity index (χ1) is 11.9. The van der Waals surface area contributed by atoms with Crippen LogP contribution in [0.1, 0.15) is 110 Å². The zero-order valence-electron chi connectivity index (χ0n) is 16.5. The Morgan fingerprint density at radius 2 is 1.32 bits per heavy atom. The van der Waals surface area contributed by atoms with E-state index in [1.165, 1.54) is 51.4 Å². The fourth-order valence-corrected chi connectivity index (χ4v) is 5.49. The Kier molecular flexibility index (Phi) is 8.14. The largest absolute Gasteiger partial charge is 0.394 e. The lowest BCUT2D eigenvalue weighted by atomic mass is 9.62. The molecule has 0 heterocycles. The molecule has 2 fully saturated rings. The molecule has 0 aliphatic heterocycles. The molecule has 0 aromatic carbocycles. The third kappa shape index (κ3) is 5.63. The fraction of sp³-hybridized carbons (Fsp3) is 1.00. The van der Waals surface area contributed by atoms with Gasteiger partial charge in [-0.15, -0.1) is 0 Å². The maximum absolute atomic E-state index is 13.7. The molecular weight excluding hydrogens is 321 g/mol. The van der Waals surface area contributed by atoms with E-state index >= 15 is 0 Å². The molecule has 25 heavy (non-hydrogen) atoms. The summed E-state index contributed by atoms with van der Waals surface area (Å²) in [6, 6.07) is 0. The summed E-state index contributed by atoms with van der Waals surface area (Å²) in [6.45, 7) is 4.25. The van der Waals surface area contributed by atoms with Crippen LogP contribution in [0.15, 0.2) is 0 Å². The van der Waals surface area contributed by atoms with Crippen molar-refractivity contribution in [2.24, 2.45) is 23.2 Å².